The standard InChI is InChI=1S/C16H22N4OS.2ClH/c1-12(7-17)16(21)19-14-5-3-4-13(6-14)8-20(2)9-15-10-22-11-18-15;;/h3-6,10-12H,7-9,17H2,1-2H3,(H,19,21);2*1H. The lowest BCUT2D eigenvalue weighted by atomic mass is 10.1. The number of nitrogens with two attached hydrogens (primary N) is 1. The van der Waals surface area contributed by atoms with Gasteiger partial charge < -0.3 is 11.1 Å². The second-order valence-electron chi connectivity index (χ2n) is 5.48. The van der Waals surface area contributed by atoms with E-state index in [-0.39, 0.29) is 36.6 Å². The van der Waals surface area contributed by atoms with Gasteiger partial charge in [0.05, 0.1) is 11.2 Å². The summed E-state index contributed by atoms with van der Waals surface area (Å²) < 4.78 is 0. The van der Waals surface area contributed by atoms with E-state index in [1.165, 1.54) is 0 Å². The van der Waals surface area contributed by atoms with Gasteiger partial charge in [-0.3, -0.25) is 9.69 Å². The molecule has 134 valence electrons. The number of benzene rings is 1. The van der Waals surface area contributed by atoms with Gasteiger partial charge in [-0.05, 0) is 24.7 Å². The summed E-state index contributed by atoms with van der Waals surface area (Å²) >= 11 is 1.61. The van der Waals surface area contributed by atoms with Crippen LogP contribution in [0, 0.1) is 5.92 Å². The number of nitrogens with one attached hydrogen (secondary N) is 1. The van der Waals surface area contributed by atoms with Crippen molar-refractivity contribution in [2.24, 2.45) is 11.7 Å². The summed E-state index contributed by atoms with van der Waals surface area (Å²) in [5, 5.41) is 4.96. The molecule has 5 nitrogen and oxygen atoms in total. The van der Waals surface area contributed by atoms with Crippen LogP contribution in [-0.4, -0.2) is 29.4 Å². The number of halogens is 2. The van der Waals surface area contributed by atoms with Crippen LogP contribution in [0.2, 0.25) is 0 Å². The highest BCUT2D eigenvalue weighted by Crippen LogP contribution is 2.14. The normalized spacial score (nSPS) is 11.3. The van der Waals surface area contributed by atoms with Gasteiger partial charge in [-0.2, -0.15) is 0 Å². The number of aromatic nitrogens is 1. The average molecular weight is 391 g/mol. The quantitative estimate of drug-likeness (QED) is 0.761. The number of carbonyl (C=O) groups excluding carboxylic acids is 1. The molecule has 1 aromatic heterocycles. The van der Waals surface area contributed by atoms with Crippen LogP contribution in [0.15, 0.2) is 35.2 Å². The molecule has 0 aliphatic heterocycles. The predicted molar refractivity (Wildman–Crippen MR) is 105 cm³/mol. The fourth-order valence-corrected chi connectivity index (χ4v) is 2.63. The maximum atomic E-state index is 11.9. The third-order valence-electron chi connectivity index (χ3n) is 3.36. The molecule has 3 N–H and O–H groups in total. The molecule has 1 amide bonds. The fraction of sp³-hybridized carbons (Fsp3) is 0.375. The van der Waals surface area contributed by atoms with E-state index in [0.717, 1.165) is 30.0 Å². The summed E-state index contributed by atoms with van der Waals surface area (Å²) in [6.07, 6.45) is 0. The lowest BCUT2D eigenvalue weighted by molar-refractivity contribution is -0.119. The van der Waals surface area contributed by atoms with Gasteiger partial charge in [0, 0.05) is 36.6 Å². The second-order valence-corrected chi connectivity index (χ2v) is 6.20. The van der Waals surface area contributed by atoms with Crippen molar-refractivity contribution in [3.63, 3.8) is 0 Å². The Morgan fingerprint density at radius 2 is 2.12 bits per heavy atom. The first-order chi connectivity index (χ1) is 10.6. The maximum Gasteiger partial charge on any atom is 0.228 e. The Kier molecular flexibility index (Phi) is 10.8. The Morgan fingerprint density at radius 3 is 2.75 bits per heavy atom. The fourth-order valence-electron chi connectivity index (χ4n) is 2.08. The van der Waals surface area contributed by atoms with Crippen LogP contribution in [0.3, 0.4) is 0 Å². The van der Waals surface area contributed by atoms with Gasteiger partial charge in [-0.1, -0.05) is 19.1 Å². The monoisotopic (exact) mass is 390 g/mol. The lowest BCUT2D eigenvalue weighted by Crippen LogP contribution is -2.26. The molecule has 2 rings (SSSR count). The van der Waals surface area contributed by atoms with Gasteiger partial charge in [0.25, 0.3) is 0 Å². The summed E-state index contributed by atoms with van der Waals surface area (Å²) in [7, 11) is 2.06. The van der Waals surface area contributed by atoms with Crippen molar-refractivity contribution in [1.82, 2.24) is 9.88 Å². The van der Waals surface area contributed by atoms with E-state index < -0.39 is 0 Å². The lowest BCUT2D eigenvalue weighted by Gasteiger charge is -2.16. The van der Waals surface area contributed by atoms with E-state index in [1.807, 2.05) is 30.6 Å². The Labute approximate surface area is 159 Å². The minimum absolute atomic E-state index is 0. The molecule has 0 spiro atoms. The Balaban J connectivity index is 0.00000264. The highest BCUT2D eigenvalue weighted by molar-refractivity contribution is 7.07. The molecule has 24 heavy (non-hydrogen) atoms. The Hall–Kier alpha value is -1.18. The molecular weight excluding hydrogens is 367 g/mol. The SMILES string of the molecule is CC(CN)C(=O)Nc1cccc(CN(C)Cc2cscn2)c1.Cl.Cl. The average Bonchev–Trinajstić information content (AvgIpc) is 2.99. The van der Waals surface area contributed by atoms with Crippen molar-refractivity contribution in [3.8, 4) is 0 Å². The van der Waals surface area contributed by atoms with Crippen LogP contribution in [0.5, 0.6) is 0 Å². The van der Waals surface area contributed by atoms with E-state index in [2.05, 4.69) is 33.7 Å². The van der Waals surface area contributed by atoms with Gasteiger partial charge in [0.2, 0.25) is 5.91 Å². The zero-order valence-electron chi connectivity index (χ0n) is 13.8. The molecule has 1 unspecified atom stereocenters. The summed E-state index contributed by atoms with van der Waals surface area (Å²) in [5.41, 5.74) is 10.4. The number of rotatable bonds is 7. The number of hydrogen-bond acceptors (Lipinski definition) is 5. The highest BCUT2D eigenvalue weighted by Gasteiger charge is 2.11. The van der Waals surface area contributed by atoms with Crippen LogP contribution < -0.4 is 11.1 Å². The van der Waals surface area contributed by atoms with Gasteiger partial charge in [-0.15, -0.1) is 36.2 Å². The van der Waals surface area contributed by atoms with Crippen molar-refractivity contribution in [2.75, 3.05) is 18.9 Å². The first kappa shape index (κ1) is 22.8. The summed E-state index contributed by atoms with van der Waals surface area (Å²) in [6.45, 7) is 3.78. The van der Waals surface area contributed by atoms with Crippen LogP contribution in [0.1, 0.15) is 18.2 Å². The van der Waals surface area contributed by atoms with Gasteiger partial charge in [0.15, 0.2) is 0 Å². The molecule has 1 heterocycles. The molecule has 0 saturated carbocycles. The third-order valence-corrected chi connectivity index (χ3v) is 4.00. The summed E-state index contributed by atoms with van der Waals surface area (Å²) in [5.74, 6) is -0.230. The Morgan fingerprint density at radius 1 is 1.38 bits per heavy atom. The number of nitrogens with zero attached hydrogens (tertiary/aromatic N) is 2. The van der Waals surface area contributed by atoms with E-state index in [0.29, 0.717) is 6.54 Å². The van der Waals surface area contributed by atoms with Crippen LogP contribution in [0.25, 0.3) is 0 Å². The molecular formula is C16H24Cl2N4OS. The van der Waals surface area contributed by atoms with E-state index >= 15 is 0 Å². The van der Waals surface area contributed by atoms with Crippen molar-refractivity contribution in [1.29, 1.82) is 0 Å². The molecule has 0 aliphatic carbocycles. The van der Waals surface area contributed by atoms with Crippen LogP contribution >= 0.6 is 36.2 Å². The zero-order chi connectivity index (χ0) is 15.9. The molecule has 0 aliphatic rings. The molecule has 8 heteroatoms. The zero-order valence-corrected chi connectivity index (χ0v) is 16.2. The Bertz CT molecular complexity index is 610. The van der Waals surface area contributed by atoms with E-state index in [4.69, 9.17) is 5.73 Å². The van der Waals surface area contributed by atoms with Crippen molar-refractivity contribution < 1.29 is 4.79 Å². The minimum atomic E-state index is -0.184. The first-order valence-corrected chi connectivity index (χ1v) is 8.18. The maximum absolute atomic E-state index is 11.9. The number of amides is 1. The number of hydrogen-bond donors (Lipinski definition) is 2. The summed E-state index contributed by atoms with van der Waals surface area (Å²) in [6, 6.07) is 7.90. The molecule has 2 aromatic rings. The van der Waals surface area contributed by atoms with E-state index in [1.54, 1.807) is 11.3 Å². The smallest absolute Gasteiger partial charge is 0.228 e. The van der Waals surface area contributed by atoms with Crippen molar-refractivity contribution in [3.05, 3.63) is 46.4 Å². The van der Waals surface area contributed by atoms with Crippen molar-refractivity contribution >= 4 is 47.7 Å². The minimum Gasteiger partial charge on any atom is -0.330 e. The molecule has 0 radical (unpaired) electrons. The number of carbonyl (C=O) groups is 1. The molecule has 0 fully saturated rings. The third kappa shape index (κ3) is 7.15. The predicted octanol–water partition coefficient (Wildman–Crippen LogP) is 3.15. The second kappa shape index (κ2) is 11.4. The molecule has 1 aromatic carbocycles. The largest absolute Gasteiger partial charge is 0.330 e. The van der Waals surface area contributed by atoms with Gasteiger partial charge in [0.1, 0.15) is 0 Å². The van der Waals surface area contributed by atoms with E-state index in [9.17, 15) is 4.79 Å². The van der Waals surface area contributed by atoms with Crippen LogP contribution in [0.4, 0.5) is 5.69 Å². The van der Waals surface area contributed by atoms with Crippen LogP contribution in [-0.2, 0) is 17.9 Å². The topological polar surface area (TPSA) is 71.2 Å². The summed E-state index contributed by atoms with van der Waals surface area (Å²) in [4.78, 5) is 18.4. The molecule has 1 atom stereocenters. The van der Waals surface area contributed by atoms with Crippen molar-refractivity contribution in [2.45, 2.75) is 20.0 Å². The number of thiazole rings is 1. The highest BCUT2D eigenvalue weighted by atomic mass is 35.5. The number of anilines is 1. The first-order valence-electron chi connectivity index (χ1n) is 7.24. The van der Waals surface area contributed by atoms with Gasteiger partial charge >= 0.3 is 0 Å². The molecule has 0 saturated heterocycles. The van der Waals surface area contributed by atoms with Gasteiger partial charge in [-0.25, -0.2) is 4.98 Å². The molecule has 0 bridgehead atoms.